The van der Waals surface area contributed by atoms with Gasteiger partial charge in [0.05, 0.1) is 5.92 Å². The highest BCUT2D eigenvalue weighted by Crippen LogP contribution is 2.65. The van der Waals surface area contributed by atoms with Crippen LogP contribution in [0.25, 0.3) is 0 Å². The van der Waals surface area contributed by atoms with Gasteiger partial charge in [-0.1, -0.05) is 27.7 Å². The Morgan fingerprint density at radius 2 is 1.50 bits per heavy atom. The van der Waals surface area contributed by atoms with Crippen molar-refractivity contribution >= 4 is 0 Å². The van der Waals surface area contributed by atoms with Gasteiger partial charge in [-0.3, -0.25) is 0 Å². The van der Waals surface area contributed by atoms with E-state index in [1.807, 2.05) is 13.8 Å². The minimum atomic E-state index is -4.03. The molecule has 1 rings (SSSR count). The summed E-state index contributed by atoms with van der Waals surface area (Å²) in [4.78, 5) is 0. The Labute approximate surface area is 71.1 Å². The average molecular weight is 180 g/mol. The van der Waals surface area contributed by atoms with Gasteiger partial charge < -0.3 is 0 Å². The Kier molecular flexibility index (Phi) is 1.97. The van der Waals surface area contributed by atoms with Crippen LogP contribution in [0.4, 0.5) is 13.2 Å². The molecule has 3 unspecified atom stereocenters. The third-order valence-corrected chi connectivity index (χ3v) is 4.03. The first kappa shape index (κ1) is 9.87. The van der Waals surface area contributed by atoms with Crippen LogP contribution in [-0.2, 0) is 0 Å². The lowest BCUT2D eigenvalue weighted by atomic mass is 9.88. The van der Waals surface area contributed by atoms with Crippen molar-refractivity contribution in [2.45, 2.75) is 33.9 Å². The lowest BCUT2D eigenvalue weighted by molar-refractivity contribution is -0.188. The highest BCUT2D eigenvalue weighted by molar-refractivity contribution is 5.07. The molecule has 0 heterocycles. The van der Waals surface area contributed by atoms with Gasteiger partial charge in [-0.2, -0.15) is 13.2 Å². The molecule has 72 valence electrons. The van der Waals surface area contributed by atoms with E-state index < -0.39 is 17.5 Å². The molecule has 0 amide bonds. The standard InChI is InChI=1S/C9H15F3/c1-5-6(2)8(5,4)7(3)9(10,11)12/h5-7H,1-4H3. The van der Waals surface area contributed by atoms with Crippen molar-refractivity contribution in [1.29, 1.82) is 0 Å². The highest BCUT2D eigenvalue weighted by atomic mass is 19.4. The molecule has 0 N–H and O–H groups in total. The Morgan fingerprint density at radius 3 is 1.58 bits per heavy atom. The van der Waals surface area contributed by atoms with Gasteiger partial charge in [-0.25, -0.2) is 0 Å². The molecule has 1 saturated carbocycles. The fraction of sp³-hybridized carbons (Fsp3) is 1.00. The van der Waals surface area contributed by atoms with Gasteiger partial charge in [0.25, 0.3) is 0 Å². The summed E-state index contributed by atoms with van der Waals surface area (Å²) in [6.07, 6.45) is -4.03. The minimum Gasteiger partial charge on any atom is -0.171 e. The number of hydrogen-bond acceptors (Lipinski definition) is 0. The predicted octanol–water partition coefficient (Wildman–Crippen LogP) is 3.48. The molecular formula is C9H15F3. The first-order valence-corrected chi connectivity index (χ1v) is 4.29. The minimum absolute atomic E-state index is 0.203. The highest BCUT2D eigenvalue weighted by Gasteiger charge is 2.64. The molecule has 1 aliphatic carbocycles. The molecule has 1 fully saturated rings. The lowest BCUT2D eigenvalue weighted by Gasteiger charge is -2.23. The topological polar surface area (TPSA) is 0 Å². The zero-order valence-electron chi connectivity index (χ0n) is 7.87. The van der Waals surface area contributed by atoms with E-state index in [1.54, 1.807) is 6.92 Å². The van der Waals surface area contributed by atoms with Crippen LogP contribution in [-0.4, -0.2) is 6.18 Å². The van der Waals surface area contributed by atoms with Crippen molar-refractivity contribution < 1.29 is 13.2 Å². The van der Waals surface area contributed by atoms with E-state index in [1.165, 1.54) is 6.92 Å². The van der Waals surface area contributed by atoms with Crippen LogP contribution in [0.5, 0.6) is 0 Å². The third kappa shape index (κ3) is 1.14. The summed E-state index contributed by atoms with van der Waals surface area (Å²) in [6, 6.07) is 0. The summed E-state index contributed by atoms with van der Waals surface area (Å²) >= 11 is 0. The summed E-state index contributed by atoms with van der Waals surface area (Å²) in [5, 5.41) is 0. The van der Waals surface area contributed by atoms with Gasteiger partial charge in [-0.15, -0.1) is 0 Å². The Hall–Kier alpha value is -0.210. The smallest absolute Gasteiger partial charge is 0.171 e. The first-order valence-electron chi connectivity index (χ1n) is 4.29. The fourth-order valence-corrected chi connectivity index (χ4v) is 2.16. The monoisotopic (exact) mass is 180 g/mol. The maximum absolute atomic E-state index is 12.3. The van der Waals surface area contributed by atoms with Crippen LogP contribution in [0, 0.1) is 23.2 Å². The SMILES string of the molecule is CC1C(C)C1(C)C(C)C(F)(F)F. The number of alkyl halides is 3. The van der Waals surface area contributed by atoms with Crippen molar-refractivity contribution in [3.8, 4) is 0 Å². The normalized spacial score (nSPS) is 44.2. The number of hydrogen-bond donors (Lipinski definition) is 0. The number of rotatable bonds is 1. The molecule has 0 bridgehead atoms. The Balaban J connectivity index is 2.73. The molecule has 0 spiro atoms. The molecule has 1 aliphatic rings. The summed E-state index contributed by atoms with van der Waals surface area (Å²) in [5.41, 5.74) is -0.516. The van der Waals surface area contributed by atoms with E-state index in [0.717, 1.165) is 0 Å². The van der Waals surface area contributed by atoms with Gasteiger partial charge >= 0.3 is 6.18 Å². The van der Waals surface area contributed by atoms with Crippen molar-refractivity contribution in [2.24, 2.45) is 23.2 Å². The first-order chi connectivity index (χ1) is 5.22. The molecule has 0 aliphatic heterocycles. The molecule has 3 atom stereocenters. The quantitative estimate of drug-likeness (QED) is 0.579. The molecule has 0 aromatic heterocycles. The molecule has 0 aromatic rings. The van der Waals surface area contributed by atoms with Crippen molar-refractivity contribution in [2.75, 3.05) is 0 Å². The number of halogens is 3. The molecular weight excluding hydrogens is 165 g/mol. The van der Waals surface area contributed by atoms with Crippen molar-refractivity contribution in [1.82, 2.24) is 0 Å². The second-order valence-electron chi connectivity index (χ2n) is 4.21. The Morgan fingerprint density at radius 1 is 1.17 bits per heavy atom. The molecule has 0 aromatic carbocycles. The van der Waals surface area contributed by atoms with Crippen LogP contribution in [0.1, 0.15) is 27.7 Å². The van der Waals surface area contributed by atoms with Gasteiger partial charge in [0, 0.05) is 0 Å². The van der Waals surface area contributed by atoms with Gasteiger partial charge in [0.2, 0.25) is 0 Å². The average Bonchev–Trinajstić information content (AvgIpc) is 2.39. The predicted molar refractivity (Wildman–Crippen MR) is 41.7 cm³/mol. The third-order valence-electron chi connectivity index (χ3n) is 4.03. The summed E-state index contributed by atoms with van der Waals surface area (Å²) < 4.78 is 37.0. The van der Waals surface area contributed by atoms with Crippen LogP contribution >= 0.6 is 0 Å². The summed E-state index contributed by atoms with van der Waals surface area (Å²) in [6.45, 7) is 6.82. The van der Waals surface area contributed by atoms with Crippen LogP contribution in [0.15, 0.2) is 0 Å². The van der Waals surface area contributed by atoms with E-state index >= 15 is 0 Å². The fourth-order valence-electron chi connectivity index (χ4n) is 2.16. The van der Waals surface area contributed by atoms with Gasteiger partial charge in [-0.05, 0) is 17.3 Å². The van der Waals surface area contributed by atoms with E-state index in [-0.39, 0.29) is 11.8 Å². The van der Waals surface area contributed by atoms with Gasteiger partial charge in [0.15, 0.2) is 0 Å². The van der Waals surface area contributed by atoms with E-state index in [0.29, 0.717) is 0 Å². The van der Waals surface area contributed by atoms with Gasteiger partial charge in [0.1, 0.15) is 0 Å². The van der Waals surface area contributed by atoms with Crippen molar-refractivity contribution in [3.63, 3.8) is 0 Å². The van der Waals surface area contributed by atoms with Crippen LogP contribution in [0.3, 0.4) is 0 Å². The molecule has 3 heteroatoms. The summed E-state index contributed by atoms with van der Waals surface area (Å²) in [5.74, 6) is -0.766. The summed E-state index contributed by atoms with van der Waals surface area (Å²) in [7, 11) is 0. The second kappa shape index (κ2) is 2.39. The lowest BCUT2D eigenvalue weighted by Crippen LogP contribution is -2.29. The van der Waals surface area contributed by atoms with Crippen LogP contribution in [0.2, 0.25) is 0 Å². The molecule has 0 nitrogen and oxygen atoms in total. The van der Waals surface area contributed by atoms with E-state index in [4.69, 9.17) is 0 Å². The van der Waals surface area contributed by atoms with E-state index in [9.17, 15) is 13.2 Å². The van der Waals surface area contributed by atoms with E-state index in [2.05, 4.69) is 0 Å². The zero-order valence-corrected chi connectivity index (χ0v) is 7.87. The Bertz CT molecular complexity index is 175. The maximum atomic E-state index is 12.3. The molecule has 12 heavy (non-hydrogen) atoms. The largest absolute Gasteiger partial charge is 0.392 e. The van der Waals surface area contributed by atoms with Crippen molar-refractivity contribution in [3.05, 3.63) is 0 Å². The maximum Gasteiger partial charge on any atom is 0.392 e. The van der Waals surface area contributed by atoms with Crippen LogP contribution < -0.4 is 0 Å². The molecule has 0 saturated heterocycles. The zero-order chi connectivity index (χ0) is 9.73. The molecule has 0 radical (unpaired) electrons. The second-order valence-corrected chi connectivity index (χ2v) is 4.21.